The predicted molar refractivity (Wildman–Crippen MR) is 73.2 cm³/mol. The Labute approximate surface area is 105 Å². The van der Waals surface area contributed by atoms with Gasteiger partial charge >= 0.3 is 0 Å². The van der Waals surface area contributed by atoms with Crippen LogP contribution < -0.4 is 5.32 Å². The molecule has 3 unspecified atom stereocenters. The maximum absolute atomic E-state index is 3.59. The quantitative estimate of drug-likeness (QED) is 0.744. The van der Waals surface area contributed by atoms with Crippen LogP contribution >= 0.6 is 11.8 Å². The highest BCUT2D eigenvalue weighted by molar-refractivity contribution is 7.99. The molecule has 1 saturated heterocycles. The van der Waals surface area contributed by atoms with E-state index in [9.17, 15) is 0 Å². The summed E-state index contributed by atoms with van der Waals surface area (Å²) in [5.41, 5.74) is 0. The Morgan fingerprint density at radius 3 is 2.88 bits per heavy atom. The van der Waals surface area contributed by atoms with Crippen molar-refractivity contribution < 1.29 is 0 Å². The zero-order valence-electron chi connectivity index (χ0n) is 10.7. The highest BCUT2D eigenvalue weighted by Crippen LogP contribution is 2.34. The summed E-state index contributed by atoms with van der Waals surface area (Å²) < 4.78 is 0. The molecule has 0 aromatic carbocycles. The lowest BCUT2D eigenvalue weighted by molar-refractivity contribution is 0.0656. The van der Waals surface area contributed by atoms with Crippen LogP contribution in [0.1, 0.15) is 33.1 Å². The summed E-state index contributed by atoms with van der Waals surface area (Å²) in [5.74, 6) is 2.27. The molecular weight excluding hydrogens is 216 g/mol. The summed E-state index contributed by atoms with van der Waals surface area (Å²) in [6.45, 7) is 9.70. The van der Waals surface area contributed by atoms with Gasteiger partial charge in [0.2, 0.25) is 0 Å². The molecule has 1 N–H and O–H groups in total. The fourth-order valence-electron chi connectivity index (χ4n) is 2.88. The molecule has 2 fully saturated rings. The van der Waals surface area contributed by atoms with E-state index in [0.717, 1.165) is 17.2 Å². The lowest BCUT2D eigenvalue weighted by atomic mass is 9.78. The molecule has 2 aliphatic rings. The van der Waals surface area contributed by atoms with Gasteiger partial charge < -0.3 is 5.32 Å². The van der Waals surface area contributed by atoms with Gasteiger partial charge in [0.1, 0.15) is 0 Å². The molecule has 0 aromatic rings. The van der Waals surface area contributed by atoms with E-state index in [1.807, 2.05) is 0 Å². The smallest absolute Gasteiger partial charge is 0.0147 e. The van der Waals surface area contributed by atoms with Gasteiger partial charge in [-0.25, -0.2) is 0 Å². The second-order valence-electron chi connectivity index (χ2n) is 5.29. The number of nitrogens with zero attached hydrogens (tertiary/aromatic N) is 1. The number of hydrogen-bond donors (Lipinski definition) is 1. The van der Waals surface area contributed by atoms with Crippen LogP contribution in [0.25, 0.3) is 0 Å². The summed E-state index contributed by atoms with van der Waals surface area (Å²) in [6, 6.07) is 0.896. The van der Waals surface area contributed by atoms with Crippen LogP contribution in [-0.4, -0.2) is 48.1 Å². The van der Waals surface area contributed by atoms with Gasteiger partial charge in [-0.1, -0.05) is 13.8 Å². The second kappa shape index (κ2) is 6.27. The fraction of sp³-hybridized carbons (Fsp3) is 1.00. The Kier molecular flexibility index (Phi) is 4.98. The molecule has 0 amide bonds. The van der Waals surface area contributed by atoms with E-state index in [1.54, 1.807) is 0 Å². The Bertz CT molecular complexity index is 210. The number of thioether (sulfide) groups is 1. The highest BCUT2D eigenvalue weighted by Gasteiger charge is 2.36. The van der Waals surface area contributed by atoms with Crippen LogP contribution in [-0.2, 0) is 0 Å². The Morgan fingerprint density at radius 1 is 1.38 bits per heavy atom. The van der Waals surface area contributed by atoms with E-state index in [2.05, 4.69) is 35.8 Å². The third-order valence-electron chi connectivity index (χ3n) is 3.95. The van der Waals surface area contributed by atoms with E-state index in [1.165, 1.54) is 51.2 Å². The maximum atomic E-state index is 3.59. The third-order valence-corrected chi connectivity index (χ3v) is 5.09. The zero-order valence-corrected chi connectivity index (χ0v) is 11.6. The second-order valence-corrected chi connectivity index (χ2v) is 6.83. The lowest BCUT2D eigenvalue weighted by Crippen LogP contribution is -2.54. The van der Waals surface area contributed by atoms with Gasteiger partial charge in [0.25, 0.3) is 0 Å². The SMILES string of the molecule is CCCNCC1CCC1N1CCSC(C)C1. The van der Waals surface area contributed by atoms with Crippen molar-refractivity contribution in [3.63, 3.8) is 0 Å². The number of rotatable bonds is 5. The van der Waals surface area contributed by atoms with Crippen molar-refractivity contribution in [2.24, 2.45) is 5.92 Å². The maximum Gasteiger partial charge on any atom is 0.0147 e. The standard InChI is InChI=1S/C13H26N2S/c1-3-6-14-9-12-4-5-13(12)15-7-8-16-11(2)10-15/h11-14H,3-10H2,1-2H3. The van der Waals surface area contributed by atoms with Crippen molar-refractivity contribution in [3.05, 3.63) is 0 Å². The average molecular weight is 242 g/mol. The van der Waals surface area contributed by atoms with Crippen molar-refractivity contribution in [2.45, 2.75) is 44.4 Å². The molecule has 3 atom stereocenters. The van der Waals surface area contributed by atoms with Crippen molar-refractivity contribution in [1.82, 2.24) is 10.2 Å². The molecule has 0 radical (unpaired) electrons. The normalized spacial score (nSPS) is 36.0. The molecule has 0 aromatic heterocycles. The molecule has 2 nitrogen and oxygen atoms in total. The predicted octanol–water partition coefficient (Wildman–Crippen LogP) is 2.20. The lowest BCUT2D eigenvalue weighted by Gasteiger charge is -2.47. The van der Waals surface area contributed by atoms with Gasteiger partial charge in [-0.2, -0.15) is 11.8 Å². The minimum absolute atomic E-state index is 0.846. The van der Waals surface area contributed by atoms with Crippen LogP contribution in [0.4, 0.5) is 0 Å². The van der Waals surface area contributed by atoms with Crippen LogP contribution in [0.3, 0.4) is 0 Å². The average Bonchev–Trinajstić information content (AvgIpc) is 2.23. The molecule has 1 heterocycles. The summed E-state index contributed by atoms with van der Waals surface area (Å²) in [6.07, 6.45) is 4.14. The Hall–Kier alpha value is 0.270. The van der Waals surface area contributed by atoms with E-state index in [0.29, 0.717) is 0 Å². The first-order valence-electron chi connectivity index (χ1n) is 6.87. The monoisotopic (exact) mass is 242 g/mol. The van der Waals surface area contributed by atoms with E-state index in [4.69, 9.17) is 0 Å². The first kappa shape index (κ1) is 12.7. The van der Waals surface area contributed by atoms with Gasteiger partial charge in [0.05, 0.1) is 0 Å². The molecule has 1 aliphatic carbocycles. The van der Waals surface area contributed by atoms with Crippen LogP contribution in [0.5, 0.6) is 0 Å². The first-order chi connectivity index (χ1) is 7.81. The molecule has 0 spiro atoms. The van der Waals surface area contributed by atoms with Gasteiger partial charge in [0, 0.05) is 30.1 Å². The third kappa shape index (κ3) is 3.14. The van der Waals surface area contributed by atoms with Crippen molar-refractivity contribution in [1.29, 1.82) is 0 Å². The minimum Gasteiger partial charge on any atom is -0.316 e. The summed E-state index contributed by atoms with van der Waals surface area (Å²) in [7, 11) is 0. The molecule has 0 bridgehead atoms. The largest absolute Gasteiger partial charge is 0.316 e. The van der Waals surface area contributed by atoms with Crippen LogP contribution in [0.15, 0.2) is 0 Å². The van der Waals surface area contributed by atoms with E-state index >= 15 is 0 Å². The number of hydrogen-bond acceptors (Lipinski definition) is 3. The molecule has 1 aliphatic heterocycles. The van der Waals surface area contributed by atoms with E-state index < -0.39 is 0 Å². The minimum atomic E-state index is 0.846. The van der Waals surface area contributed by atoms with Gasteiger partial charge in [-0.15, -0.1) is 0 Å². The van der Waals surface area contributed by atoms with Gasteiger partial charge in [0.15, 0.2) is 0 Å². The molecule has 3 heteroatoms. The summed E-state index contributed by atoms with van der Waals surface area (Å²) >= 11 is 2.14. The van der Waals surface area contributed by atoms with Crippen LogP contribution in [0, 0.1) is 5.92 Å². The first-order valence-corrected chi connectivity index (χ1v) is 7.92. The summed E-state index contributed by atoms with van der Waals surface area (Å²) in [4.78, 5) is 2.75. The molecule has 1 saturated carbocycles. The summed E-state index contributed by atoms with van der Waals surface area (Å²) in [5, 5.41) is 4.43. The Morgan fingerprint density at radius 2 is 2.25 bits per heavy atom. The van der Waals surface area contributed by atoms with Gasteiger partial charge in [-0.3, -0.25) is 4.90 Å². The van der Waals surface area contributed by atoms with E-state index in [-0.39, 0.29) is 0 Å². The molecule has 2 rings (SSSR count). The van der Waals surface area contributed by atoms with Crippen molar-refractivity contribution in [3.8, 4) is 0 Å². The fourth-order valence-corrected chi connectivity index (χ4v) is 3.92. The number of nitrogens with one attached hydrogen (secondary N) is 1. The Balaban J connectivity index is 1.72. The molecule has 16 heavy (non-hydrogen) atoms. The van der Waals surface area contributed by atoms with Crippen molar-refractivity contribution in [2.75, 3.05) is 31.9 Å². The highest BCUT2D eigenvalue weighted by atomic mass is 32.2. The topological polar surface area (TPSA) is 15.3 Å². The van der Waals surface area contributed by atoms with Gasteiger partial charge in [-0.05, 0) is 38.3 Å². The van der Waals surface area contributed by atoms with Crippen LogP contribution in [0.2, 0.25) is 0 Å². The van der Waals surface area contributed by atoms with Crippen molar-refractivity contribution >= 4 is 11.8 Å². The molecular formula is C13H26N2S. The zero-order chi connectivity index (χ0) is 11.4. The molecule has 94 valence electrons.